The topological polar surface area (TPSA) is 119 Å². The smallest absolute Gasteiger partial charge is 0.312 e. The SMILES string of the molecule is NC(=O)N[C@H]1CN2CC[C@H](O)C2[C@@H](O)[C@@H]1O. The lowest BCUT2D eigenvalue weighted by Crippen LogP contribution is -2.66. The number of nitrogens with one attached hydrogen (secondary N) is 1. The van der Waals surface area contributed by atoms with E-state index < -0.39 is 36.4 Å². The van der Waals surface area contributed by atoms with E-state index in [2.05, 4.69) is 5.32 Å². The van der Waals surface area contributed by atoms with Gasteiger partial charge in [0.2, 0.25) is 0 Å². The molecule has 5 atom stereocenters. The molecule has 6 N–H and O–H groups in total. The van der Waals surface area contributed by atoms with Crippen LogP contribution in [0.15, 0.2) is 0 Å². The fourth-order valence-corrected chi connectivity index (χ4v) is 2.63. The Morgan fingerprint density at radius 3 is 2.62 bits per heavy atom. The van der Waals surface area contributed by atoms with Gasteiger partial charge in [-0.1, -0.05) is 0 Å². The molecule has 2 aliphatic rings. The van der Waals surface area contributed by atoms with Crippen molar-refractivity contribution in [3.63, 3.8) is 0 Å². The summed E-state index contributed by atoms with van der Waals surface area (Å²) >= 11 is 0. The summed E-state index contributed by atoms with van der Waals surface area (Å²) in [6, 6.07) is -1.76. The maximum atomic E-state index is 10.7. The monoisotopic (exact) mass is 231 g/mol. The Labute approximate surface area is 92.8 Å². The molecular formula is C9H17N3O4. The third-order valence-corrected chi connectivity index (χ3v) is 3.40. The Hall–Kier alpha value is -0.890. The first-order chi connectivity index (χ1) is 7.50. The van der Waals surface area contributed by atoms with E-state index in [1.807, 2.05) is 4.90 Å². The van der Waals surface area contributed by atoms with Gasteiger partial charge in [0.05, 0.1) is 24.3 Å². The molecule has 0 radical (unpaired) electrons. The quantitative estimate of drug-likeness (QED) is 0.334. The molecule has 2 fully saturated rings. The van der Waals surface area contributed by atoms with Crippen molar-refractivity contribution < 1.29 is 20.1 Å². The zero-order valence-electron chi connectivity index (χ0n) is 8.78. The largest absolute Gasteiger partial charge is 0.391 e. The number of carbonyl (C=O) groups is 1. The summed E-state index contributed by atoms with van der Waals surface area (Å²) < 4.78 is 0. The average Bonchev–Trinajstić information content (AvgIpc) is 2.55. The van der Waals surface area contributed by atoms with Crippen LogP contribution in [0.1, 0.15) is 6.42 Å². The van der Waals surface area contributed by atoms with Gasteiger partial charge in [-0.05, 0) is 6.42 Å². The van der Waals surface area contributed by atoms with Crippen LogP contribution in [-0.2, 0) is 0 Å². The van der Waals surface area contributed by atoms with Gasteiger partial charge in [0.15, 0.2) is 0 Å². The molecule has 7 heteroatoms. The number of amides is 2. The zero-order chi connectivity index (χ0) is 11.9. The molecule has 0 aromatic carbocycles. The normalized spacial score (nSPS) is 44.1. The summed E-state index contributed by atoms with van der Waals surface area (Å²) in [7, 11) is 0. The van der Waals surface area contributed by atoms with Crippen LogP contribution in [0.2, 0.25) is 0 Å². The van der Waals surface area contributed by atoms with Crippen molar-refractivity contribution in [1.29, 1.82) is 0 Å². The molecule has 1 unspecified atom stereocenters. The van der Waals surface area contributed by atoms with E-state index in [0.717, 1.165) is 0 Å². The summed E-state index contributed by atoms with van der Waals surface area (Å²) in [5, 5.41) is 31.7. The zero-order valence-corrected chi connectivity index (χ0v) is 8.78. The molecular weight excluding hydrogens is 214 g/mol. The van der Waals surface area contributed by atoms with Gasteiger partial charge in [-0.3, -0.25) is 4.90 Å². The van der Waals surface area contributed by atoms with Crippen LogP contribution in [-0.4, -0.2) is 69.7 Å². The molecule has 2 saturated heterocycles. The van der Waals surface area contributed by atoms with E-state index in [1.54, 1.807) is 0 Å². The van der Waals surface area contributed by atoms with Gasteiger partial charge in [-0.25, -0.2) is 4.79 Å². The van der Waals surface area contributed by atoms with Crippen molar-refractivity contribution in [3.8, 4) is 0 Å². The molecule has 0 aromatic heterocycles. The molecule has 7 nitrogen and oxygen atoms in total. The number of hydrogen-bond acceptors (Lipinski definition) is 5. The molecule has 0 aliphatic carbocycles. The van der Waals surface area contributed by atoms with E-state index in [-0.39, 0.29) is 0 Å². The molecule has 0 saturated carbocycles. The highest BCUT2D eigenvalue weighted by atomic mass is 16.3. The number of urea groups is 1. The van der Waals surface area contributed by atoms with Crippen molar-refractivity contribution in [3.05, 3.63) is 0 Å². The second-order valence-electron chi connectivity index (χ2n) is 4.44. The third-order valence-electron chi connectivity index (χ3n) is 3.40. The van der Waals surface area contributed by atoms with Crippen molar-refractivity contribution in [2.75, 3.05) is 13.1 Å². The number of piperidine rings is 1. The molecule has 2 aliphatic heterocycles. The van der Waals surface area contributed by atoms with Gasteiger partial charge in [0.1, 0.15) is 6.10 Å². The van der Waals surface area contributed by atoms with Crippen LogP contribution < -0.4 is 11.1 Å². The highest BCUT2D eigenvalue weighted by Gasteiger charge is 2.48. The fourth-order valence-electron chi connectivity index (χ4n) is 2.63. The highest BCUT2D eigenvalue weighted by Crippen LogP contribution is 2.28. The first-order valence-corrected chi connectivity index (χ1v) is 5.35. The average molecular weight is 231 g/mol. The summed E-state index contributed by atoms with van der Waals surface area (Å²) in [5.74, 6) is 0. The number of rotatable bonds is 1. The molecule has 16 heavy (non-hydrogen) atoms. The second kappa shape index (κ2) is 4.17. The molecule has 2 rings (SSSR count). The van der Waals surface area contributed by atoms with E-state index in [9.17, 15) is 20.1 Å². The van der Waals surface area contributed by atoms with Crippen LogP contribution in [0, 0.1) is 0 Å². The minimum Gasteiger partial charge on any atom is -0.391 e. The Morgan fingerprint density at radius 1 is 1.31 bits per heavy atom. The summed E-state index contributed by atoms with van der Waals surface area (Å²) in [5.41, 5.74) is 4.98. The van der Waals surface area contributed by atoms with Gasteiger partial charge >= 0.3 is 6.03 Å². The van der Waals surface area contributed by atoms with E-state index >= 15 is 0 Å². The van der Waals surface area contributed by atoms with Crippen LogP contribution in [0.3, 0.4) is 0 Å². The lowest BCUT2D eigenvalue weighted by molar-refractivity contribution is -0.0991. The van der Waals surface area contributed by atoms with Crippen molar-refractivity contribution in [2.24, 2.45) is 5.73 Å². The minimum atomic E-state index is -1.10. The molecule has 0 spiro atoms. The van der Waals surface area contributed by atoms with Crippen molar-refractivity contribution in [2.45, 2.75) is 36.8 Å². The molecule has 2 heterocycles. The maximum absolute atomic E-state index is 10.7. The number of aliphatic hydroxyl groups is 3. The number of nitrogens with two attached hydrogens (primary N) is 1. The number of hydrogen-bond donors (Lipinski definition) is 5. The van der Waals surface area contributed by atoms with Gasteiger partial charge < -0.3 is 26.4 Å². The number of carbonyl (C=O) groups excluding carboxylic acids is 1. The van der Waals surface area contributed by atoms with E-state index in [0.29, 0.717) is 19.5 Å². The molecule has 0 aromatic rings. The van der Waals surface area contributed by atoms with Crippen molar-refractivity contribution in [1.82, 2.24) is 10.2 Å². The first-order valence-electron chi connectivity index (χ1n) is 5.35. The van der Waals surface area contributed by atoms with Gasteiger partial charge in [0.25, 0.3) is 0 Å². The van der Waals surface area contributed by atoms with Gasteiger partial charge in [0, 0.05) is 13.1 Å². The second-order valence-corrected chi connectivity index (χ2v) is 4.44. The summed E-state index contributed by atoms with van der Waals surface area (Å²) in [4.78, 5) is 12.6. The van der Waals surface area contributed by atoms with Gasteiger partial charge in [-0.15, -0.1) is 0 Å². The Bertz CT molecular complexity index is 288. The summed E-state index contributed by atoms with van der Waals surface area (Å²) in [6.07, 6.45) is -2.22. The van der Waals surface area contributed by atoms with Crippen molar-refractivity contribution >= 4 is 6.03 Å². The fraction of sp³-hybridized carbons (Fsp3) is 0.889. The minimum absolute atomic E-state index is 0.392. The molecule has 92 valence electrons. The summed E-state index contributed by atoms with van der Waals surface area (Å²) in [6.45, 7) is 1.04. The van der Waals surface area contributed by atoms with Crippen LogP contribution in [0.5, 0.6) is 0 Å². The Morgan fingerprint density at radius 2 is 2.00 bits per heavy atom. The van der Waals surface area contributed by atoms with Crippen LogP contribution >= 0.6 is 0 Å². The lowest BCUT2D eigenvalue weighted by Gasteiger charge is -2.42. The maximum Gasteiger partial charge on any atom is 0.312 e. The predicted octanol–water partition coefficient (Wildman–Crippen LogP) is -2.81. The molecule has 2 amide bonds. The van der Waals surface area contributed by atoms with E-state index in [1.165, 1.54) is 0 Å². The first kappa shape index (κ1) is 11.6. The predicted molar refractivity (Wildman–Crippen MR) is 54.5 cm³/mol. The standard InChI is InChI=1S/C9H17N3O4/c10-9(16)11-4-3-12-2-1-5(13)6(12)8(15)7(4)14/h4-8,13-15H,1-3H2,(H3,10,11,16)/t4-,5-,6?,7+,8+/m0/s1. The lowest BCUT2D eigenvalue weighted by atomic mass is 9.91. The van der Waals surface area contributed by atoms with Crippen LogP contribution in [0.4, 0.5) is 4.79 Å². The van der Waals surface area contributed by atoms with Gasteiger partial charge in [-0.2, -0.15) is 0 Å². The number of aliphatic hydroxyl groups excluding tert-OH is 3. The number of fused-ring (bicyclic) bond motifs is 1. The molecule has 0 bridgehead atoms. The third kappa shape index (κ3) is 1.86. The Balaban J connectivity index is 2.09. The van der Waals surface area contributed by atoms with E-state index in [4.69, 9.17) is 5.73 Å². The van der Waals surface area contributed by atoms with Crippen LogP contribution in [0.25, 0.3) is 0 Å². The number of primary amides is 1. The number of nitrogens with zero attached hydrogens (tertiary/aromatic N) is 1. The Kier molecular flexibility index (Phi) is 3.02. The highest BCUT2D eigenvalue weighted by molar-refractivity contribution is 5.72.